The molecule has 152 valence electrons. The van der Waals surface area contributed by atoms with Crippen molar-refractivity contribution >= 4 is 0 Å². The van der Waals surface area contributed by atoms with E-state index in [9.17, 15) is 5.11 Å². The molecule has 4 fully saturated rings. The van der Waals surface area contributed by atoms with Crippen LogP contribution in [0.25, 0.3) is 0 Å². The van der Waals surface area contributed by atoms with Crippen LogP contribution in [0.4, 0.5) is 0 Å². The number of fused-ring (bicyclic) bond motifs is 2. The molecule has 2 heterocycles. The van der Waals surface area contributed by atoms with Gasteiger partial charge in [0.2, 0.25) is 0 Å². The number of methoxy groups -OCH3 is 2. The SMILES string of the molecule is COc1ccc2c3c1O[C@@H]1[C@]4(OC)CC[C@]5(C[C@@H]4[C@H](C)O)[C@H](C2)N(C)CC[C@@]315. The van der Waals surface area contributed by atoms with Crippen LogP contribution in [0, 0.1) is 11.3 Å². The standard InChI is InChI=1S/C23H31NO4/c1-13(25)15-12-21-7-8-23(15,27-4)20-22(21)9-10-24(2)17(21)11-14-5-6-16(26-3)19(28-20)18(14)22/h5-6,13,15,17,20,25H,7-12H2,1-4H3/t13-,15+,17-,20-,21-,22+,23-/m0/s1. The van der Waals surface area contributed by atoms with Gasteiger partial charge in [-0.2, -0.15) is 0 Å². The van der Waals surface area contributed by atoms with E-state index in [4.69, 9.17) is 14.2 Å². The number of likely N-dealkylation sites (tertiary alicyclic amines) is 1. The van der Waals surface area contributed by atoms with Gasteiger partial charge >= 0.3 is 0 Å². The fourth-order valence-electron chi connectivity index (χ4n) is 8.45. The van der Waals surface area contributed by atoms with Crippen molar-refractivity contribution in [1.29, 1.82) is 0 Å². The van der Waals surface area contributed by atoms with Crippen LogP contribution in [0.15, 0.2) is 12.1 Å². The third kappa shape index (κ3) is 1.58. The third-order valence-electron chi connectivity index (χ3n) is 9.47. The minimum atomic E-state index is -0.435. The van der Waals surface area contributed by atoms with Gasteiger partial charge in [0.15, 0.2) is 11.5 Å². The van der Waals surface area contributed by atoms with Crippen LogP contribution in [0.1, 0.15) is 43.7 Å². The number of ether oxygens (including phenoxy) is 3. The highest BCUT2D eigenvalue weighted by molar-refractivity contribution is 5.63. The van der Waals surface area contributed by atoms with E-state index in [2.05, 4.69) is 24.1 Å². The summed E-state index contributed by atoms with van der Waals surface area (Å²) in [6.45, 7) is 3.02. The fraction of sp³-hybridized carbons (Fsp3) is 0.739. The van der Waals surface area contributed by atoms with Gasteiger partial charge in [0.25, 0.3) is 0 Å². The number of piperidine rings is 1. The zero-order valence-electron chi connectivity index (χ0n) is 17.3. The summed E-state index contributed by atoms with van der Waals surface area (Å²) in [5.41, 5.74) is 2.51. The van der Waals surface area contributed by atoms with Crippen molar-refractivity contribution in [2.45, 2.75) is 68.3 Å². The summed E-state index contributed by atoms with van der Waals surface area (Å²) in [7, 11) is 5.84. The third-order valence-corrected chi connectivity index (χ3v) is 9.47. The van der Waals surface area contributed by atoms with Gasteiger partial charge in [0.1, 0.15) is 11.7 Å². The molecule has 1 aromatic carbocycles. The summed E-state index contributed by atoms with van der Waals surface area (Å²) < 4.78 is 18.9. The molecule has 2 aliphatic heterocycles. The lowest BCUT2D eigenvalue weighted by molar-refractivity contribution is -0.287. The van der Waals surface area contributed by atoms with Crippen molar-refractivity contribution in [3.05, 3.63) is 23.3 Å². The minimum absolute atomic E-state index is 0.0265. The number of rotatable bonds is 3. The van der Waals surface area contributed by atoms with Crippen molar-refractivity contribution in [3.63, 3.8) is 0 Å². The molecule has 1 N–H and O–H groups in total. The van der Waals surface area contributed by atoms with Crippen LogP contribution >= 0.6 is 0 Å². The molecule has 6 aliphatic rings. The van der Waals surface area contributed by atoms with Crippen LogP contribution < -0.4 is 9.47 Å². The molecular formula is C23H31NO4. The van der Waals surface area contributed by atoms with E-state index in [0.29, 0.717) is 6.04 Å². The van der Waals surface area contributed by atoms with E-state index in [1.54, 1.807) is 7.11 Å². The van der Waals surface area contributed by atoms with Gasteiger partial charge in [-0.25, -0.2) is 0 Å². The zero-order chi connectivity index (χ0) is 19.5. The van der Waals surface area contributed by atoms with Gasteiger partial charge < -0.3 is 24.2 Å². The normalized spacial score (nSPS) is 46.1. The van der Waals surface area contributed by atoms with Crippen molar-refractivity contribution in [3.8, 4) is 11.5 Å². The molecule has 2 spiro atoms. The second-order valence-electron chi connectivity index (χ2n) is 9.92. The Morgan fingerprint density at radius 2 is 2.07 bits per heavy atom. The van der Waals surface area contributed by atoms with Crippen molar-refractivity contribution in [2.75, 3.05) is 27.8 Å². The van der Waals surface area contributed by atoms with Gasteiger partial charge in [-0.3, -0.25) is 0 Å². The molecule has 1 aromatic rings. The second-order valence-corrected chi connectivity index (χ2v) is 9.92. The fourth-order valence-corrected chi connectivity index (χ4v) is 8.45. The number of hydrogen-bond donors (Lipinski definition) is 1. The molecule has 0 aromatic heterocycles. The maximum absolute atomic E-state index is 10.8. The Morgan fingerprint density at radius 3 is 2.79 bits per heavy atom. The Bertz CT molecular complexity index is 855. The largest absolute Gasteiger partial charge is 0.493 e. The maximum Gasteiger partial charge on any atom is 0.165 e. The second kappa shape index (κ2) is 5.24. The highest BCUT2D eigenvalue weighted by atomic mass is 16.6. The zero-order valence-corrected chi connectivity index (χ0v) is 17.3. The van der Waals surface area contributed by atoms with E-state index >= 15 is 0 Å². The first-order chi connectivity index (χ1) is 13.4. The average molecular weight is 386 g/mol. The van der Waals surface area contributed by atoms with Crippen LogP contribution in [-0.4, -0.2) is 61.7 Å². The van der Waals surface area contributed by atoms with Gasteiger partial charge in [-0.15, -0.1) is 0 Å². The monoisotopic (exact) mass is 385 g/mol. The summed E-state index contributed by atoms with van der Waals surface area (Å²) in [5, 5.41) is 10.8. The Morgan fingerprint density at radius 1 is 1.25 bits per heavy atom. The Kier molecular flexibility index (Phi) is 3.28. The first kappa shape index (κ1) is 17.5. The lowest BCUT2D eigenvalue weighted by Gasteiger charge is -2.74. The first-order valence-electron chi connectivity index (χ1n) is 10.8. The van der Waals surface area contributed by atoms with E-state index in [-0.39, 0.29) is 22.9 Å². The van der Waals surface area contributed by atoms with Crippen LogP contribution in [-0.2, 0) is 16.6 Å². The van der Waals surface area contributed by atoms with Crippen molar-refractivity contribution in [2.24, 2.45) is 11.3 Å². The molecular weight excluding hydrogens is 354 g/mol. The average Bonchev–Trinajstić information content (AvgIpc) is 3.07. The number of likely N-dealkylation sites (N-methyl/N-ethyl adjacent to an activating group) is 1. The molecule has 1 saturated heterocycles. The number of nitrogens with zero attached hydrogens (tertiary/aromatic N) is 1. The molecule has 0 radical (unpaired) electrons. The topological polar surface area (TPSA) is 51.2 Å². The molecule has 4 bridgehead atoms. The number of benzene rings is 1. The minimum Gasteiger partial charge on any atom is -0.493 e. The number of aliphatic hydroxyl groups excluding tert-OH is 1. The Hall–Kier alpha value is -1.30. The molecule has 7 atom stereocenters. The van der Waals surface area contributed by atoms with Gasteiger partial charge in [0, 0.05) is 35.5 Å². The van der Waals surface area contributed by atoms with E-state index in [1.165, 1.54) is 11.1 Å². The number of aliphatic hydroxyl groups is 1. The van der Waals surface area contributed by atoms with Crippen LogP contribution in [0.3, 0.4) is 0 Å². The summed E-state index contributed by atoms with van der Waals surface area (Å²) >= 11 is 0. The number of hydrogen-bond acceptors (Lipinski definition) is 5. The highest BCUT2D eigenvalue weighted by Crippen LogP contribution is 2.76. The van der Waals surface area contributed by atoms with E-state index < -0.39 is 11.7 Å². The molecule has 0 unspecified atom stereocenters. The first-order valence-corrected chi connectivity index (χ1v) is 10.8. The Balaban J connectivity index is 1.68. The Labute approximate surface area is 167 Å². The predicted molar refractivity (Wildman–Crippen MR) is 105 cm³/mol. The van der Waals surface area contributed by atoms with Crippen LogP contribution in [0.5, 0.6) is 11.5 Å². The maximum atomic E-state index is 10.8. The predicted octanol–water partition coefficient (Wildman–Crippen LogP) is 2.52. The summed E-state index contributed by atoms with van der Waals surface area (Å²) in [5.74, 6) is 1.89. The smallest absolute Gasteiger partial charge is 0.165 e. The molecule has 28 heavy (non-hydrogen) atoms. The lowest BCUT2D eigenvalue weighted by atomic mass is 9.34. The van der Waals surface area contributed by atoms with Gasteiger partial charge in [-0.1, -0.05) is 6.07 Å². The molecule has 0 amide bonds. The van der Waals surface area contributed by atoms with E-state index in [1.807, 2.05) is 14.0 Å². The van der Waals surface area contributed by atoms with Crippen molar-refractivity contribution in [1.82, 2.24) is 4.90 Å². The van der Waals surface area contributed by atoms with Crippen molar-refractivity contribution < 1.29 is 19.3 Å². The molecule has 4 aliphatic carbocycles. The van der Waals surface area contributed by atoms with Gasteiger partial charge in [-0.05, 0) is 64.3 Å². The molecule has 7 rings (SSSR count). The molecule has 3 saturated carbocycles. The highest BCUT2D eigenvalue weighted by Gasteiger charge is 2.80. The van der Waals surface area contributed by atoms with Gasteiger partial charge in [0.05, 0.1) is 13.2 Å². The molecule has 5 heteroatoms. The summed E-state index contributed by atoms with van der Waals surface area (Å²) in [6.07, 6.45) is 4.83. The molecule has 5 nitrogen and oxygen atoms in total. The van der Waals surface area contributed by atoms with Crippen LogP contribution in [0.2, 0.25) is 0 Å². The summed E-state index contributed by atoms with van der Waals surface area (Å²) in [4.78, 5) is 2.58. The lowest BCUT2D eigenvalue weighted by Crippen LogP contribution is -2.81. The quantitative estimate of drug-likeness (QED) is 0.867. The van der Waals surface area contributed by atoms with E-state index in [0.717, 1.165) is 50.1 Å². The summed E-state index contributed by atoms with van der Waals surface area (Å²) in [6, 6.07) is 4.83.